The zero-order chi connectivity index (χ0) is 13.2. The molecule has 1 aromatic carbocycles. The van der Waals surface area contributed by atoms with Gasteiger partial charge in [0.2, 0.25) is 12.7 Å². The Morgan fingerprint density at radius 3 is 2.95 bits per heavy atom. The minimum absolute atomic E-state index is 0.224. The largest absolute Gasteiger partial charge is 0.454 e. The molecule has 19 heavy (non-hydrogen) atoms. The van der Waals surface area contributed by atoms with Gasteiger partial charge >= 0.3 is 0 Å². The van der Waals surface area contributed by atoms with Gasteiger partial charge in [0, 0.05) is 17.8 Å². The lowest BCUT2D eigenvalue weighted by molar-refractivity contribution is 0.174. The van der Waals surface area contributed by atoms with Crippen molar-refractivity contribution in [3.05, 3.63) is 42.1 Å². The van der Waals surface area contributed by atoms with Crippen LogP contribution in [0, 0.1) is 0 Å². The number of hydrogen-bond acceptors (Lipinski definition) is 5. The van der Waals surface area contributed by atoms with Gasteiger partial charge in [0.15, 0.2) is 11.5 Å². The average molecular weight is 259 g/mol. The number of ether oxygens (including phenoxy) is 3. The van der Waals surface area contributed by atoms with E-state index in [4.69, 9.17) is 14.2 Å². The zero-order valence-corrected chi connectivity index (χ0v) is 10.4. The smallest absolute Gasteiger partial charge is 0.231 e. The van der Waals surface area contributed by atoms with Crippen LogP contribution < -0.4 is 14.2 Å². The lowest BCUT2D eigenvalue weighted by atomic mass is 10.2. The Morgan fingerprint density at radius 1 is 1.26 bits per heavy atom. The second kappa shape index (κ2) is 4.78. The maximum atomic E-state index is 9.67. The fourth-order valence-corrected chi connectivity index (χ4v) is 1.86. The van der Waals surface area contributed by atoms with E-state index in [2.05, 4.69) is 4.98 Å². The van der Waals surface area contributed by atoms with Gasteiger partial charge in [-0.15, -0.1) is 0 Å². The number of aliphatic hydroxyl groups excluding tert-OH is 1. The Balaban J connectivity index is 1.89. The topological polar surface area (TPSA) is 60.8 Å². The third kappa shape index (κ3) is 2.32. The first-order chi connectivity index (χ1) is 9.24. The minimum atomic E-state index is -0.641. The lowest BCUT2D eigenvalue weighted by Crippen LogP contribution is -1.98. The van der Waals surface area contributed by atoms with Gasteiger partial charge in [-0.05, 0) is 31.2 Å². The van der Waals surface area contributed by atoms with Crippen molar-refractivity contribution in [2.24, 2.45) is 0 Å². The summed E-state index contributed by atoms with van der Waals surface area (Å²) in [6, 6.07) is 8.83. The van der Waals surface area contributed by atoms with Crippen molar-refractivity contribution in [3.63, 3.8) is 0 Å². The van der Waals surface area contributed by atoms with Gasteiger partial charge in [-0.1, -0.05) is 0 Å². The van der Waals surface area contributed by atoms with Gasteiger partial charge < -0.3 is 19.3 Å². The first kappa shape index (κ1) is 11.8. The summed E-state index contributed by atoms with van der Waals surface area (Å²) in [4.78, 5) is 4.13. The van der Waals surface area contributed by atoms with Crippen molar-refractivity contribution in [2.75, 3.05) is 6.79 Å². The second-order valence-corrected chi connectivity index (χ2v) is 4.19. The molecule has 1 N–H and O–H groups in total. The highest BCUT2D eigenvalue weighted by Gasteiger charge is 2.16. The molecule has 5 nitrogen and oxygen atoms in total. The summed E-state index contributed by atoms with van der Waals surface area (Å²) in [7, 11) is 0. The van der Waals surface area contributed by atoms with Crippen LogP contribution in [-0.4, -0.2) is 16.9 Å². The van der Waals surface area contributed by atoms with Crippen LogP contribution >= 0.6 is 0 Å². The normalized spacial score (nSPS) is 14.2. The van der Waals surface area contributed by atoms with Crippen molar-refractivity contribution >= 4 is 0 Å². The lowest BCUT2D eigenvalue weighted by Gasteiger charge is -2.11. The van der Waals surface area contributed by atoms with Crippen LogP contribution in [0.3, 0.4) is 0 Å². The summed E-state index contributed by atoms with van der Waals surface area (Å²) in [6.07, 6.45) is 0.978. The Bertz CT molecular complexity index is 598. The van der Waals surface area contributed by atoms with Crippen LogP contribution in [0.2, 0.25) is 0 Å². The summed E-state index contributed by atoms with van der Waals surface area (Å²) in [5.41, 5.74) is 0.639. The van der Waals surface area contributed by atoms with Gasteiger partial charge in [0.05, 0.1) is 6.10 Å². The average Bonchev–Trinajstić information content (AvgIpc) is 2.86. The van der Waals surface area contributed by atoms with Crippen molar-refractivity contribution < 1.29 is 19.3 Å². The summed E-state index contributed by atoms with van der Waals surface area (Å²) >= 11 is 0. The van der Waals surface area contributed by atoms with Crippen molar-refractivity contribution in [2.45, 2.75) is 13.0 Å². The van der Waals surface area contributed by atoms with Crippen LogP contribution in [0.4, 0.5) is 0 Å². The van der Waals surface area contributed by atoms with E-state index < -0.39 is 6.10 Å². The van der Waals surface area contributed by atoms with Crippen molar-refractivity contribution in [3.8, 4) is 23.1 Å². The fourth-order valence-electron chi connectivity index (χ4n) is 1.86. The molecule has 5 heteroatoms. The molecule has 2 heterocycles. The van der Waals surface area contributed by atoms with Gasteiger partial charge in [-0.25, -0.2) is 4.98 Å². The Morgan fingerprint density at radius 2 is 2.11 bits per heavy atom. The first-order valence-electron chi connectivity index (χ1n) is 5.94. The molecule has 0 spiro atoms. The maximum Gasteiger partial charge on any atom is 0.231 e. The molecule has 0 aliphatic carbocycles. The third-order valence-electron chi connectivity index (χ3n) is 2.81. The molecule has 3 rings (SSSR count). The first-order valence-corrected chi connectivity index (χ1v) is 5.94. The number of pyridine rings is 1. The SMILES string of the molecule is C[C@H](O)c1cccnc1Oc1ccc2c(c1)OCO2. The summed E-state index contributed by atoms with van der Waals surface area (Å²) < 4.78 is 16.2. The standard InChI is InChI=1S/C14H13NO4/c1-9(16)11-3-2-6-15-14(11)19-10-4-5-12-13(7-10)18-8-17-12/h2-7,9,16H,8H2,1H3/t9-/m0/s1. The highest BCUT2D eigenvalue weighted by atomic mass is 16.7. The molecule has 0 radical (unpaired) electrons. The molecule has 0 saturated carbocycles. The fraction of sp³-hybridized carbons (Fsp3) is 0.214. The number of aliphatic hydroxyl groups is 1. The van der Waals surface area contributed by atoms with E-state index in [1.54, 1.807) is 43.5 Å². The molecule has 0 saturated heterocycles. The zero-order valence-electron chi connectivity index (χ0n) is 10.4. The molecule has 0 amide bonds. The quantitative estimate of drug-likeness (QED) is 0.918. The van der Waals surface area contributed by atoms with Gasteiger partial charge in [-0.2, -0.15) is 0 Å². The van der Waals surface area contributed by atoms with Gasteiger partial charge in [-0.3, -0.25) is 0 Å². The van der Waals surface area contributed by atoms with Gasteiger partial charge in [0.25, 0.3) is 0 Å². The van der Waals surface area contributed by atoms with E-state index in [1.165, 1.54) is 0 Å². The molecule has 0 bridgehead atoms. The number of nitrogens with zero attached hydrogens (tertiary/aromatic N) is 1. The Kier molecular flexibility index (Phi) is 2.97. The molecule has 98 valence electrons. The molecule has 0 unspecified atom stereocenters. The van der Waals surface area contributed by atoms with Gasteiger partial charge in [0.1, 0.15) is 5.75 Å². The predicted molar refractivity (Wildman–Crippen MR) is 67.5 cm³/mol. The van der Waals surface area contributed by atoms with Crippen molar-refractivity contribution in [1.29, 1.82) is 0 Å². The molecular weight excluding hydrogens is 246 g/mol. The Hall–Kier alpha value is -2.27. The Labute approximate surface area is 110 Å². The molecule has 1 aliphatic heterocycles. The highest BCUT2D eigenvalue weighted by Crippen LogP contribution is 2.37. The van der Waals surface area contributed by atoms with E-state index in [-0.39, 0.29) is 6.79 Å². The maximum absolute atomic E-state index is 9.67. The van der Waals surface area contributed by atoms with Crippen LogP contribution in [0.15, 0.2) is 36.5 Å². The minimum Gasteiger partial charge on any atom is -0.454 e. The third-order valence-corrected chi connectivity index (χ3v) is 2.81. The second-order valence-electron chi connectivity index (χ2n) is 4.19. The number of rotatable bonds is 3. The van der Waals surface area contributed by atoms with Crippen LogP contribution in [0.5, 0.6) is 23.1 Å². The van der Waals surface area contributed by atoms with E-state index in [0.29, 0.717) is 28.7 Å². The monoisotopic (exact) mass is 259 g/mol. The summed E-state index contributed by atoms with van der Waals surface area (Å²) in [6.45, 7) is 1.89. The molecule has 1 atom stereocenters. The number of aromatic nitrogens is 1. The van der Waals surface area contributed by atoms with Crippen molar-refractivity contribution in [1.82, 2.24) is 4.98 Å². The van der Waals surface area contributed by atoms with Crippen LogP contribution in [-0.2, 0) is 0 Å². The number of fused-ring (bicyclic) bond motifs is 1. The van der Waals surface area contributed by atoms with Crippen LogP contribution in [0.1, 0.15) is 18.6 Å². The number of benzene rings is 1. The molecular formula is C14H13NO4. The van der Waals surface area contributed by atoms with E-state index in [1.807, 2.05) is 0 Å². The molecule has 1 aromatic heterocycles. The van der Waals surface area contributed by atoms with E-state index >= 15 is 0 Å². The van der Waals surface area contributed by atoms with Crippen LogP contribution in [0.25, 0.3) is 0 Å². The molecule has 1 aliphatic rings. The van der Waals surface area contributed by atoms with E-state index in [9.17, 15) is 5.11 Å². The molecule has 2 aromatic rings. The summed E-state index contributed by atoms with van der Waals surface area (Å²) in [5.74, 6) is 2.32. The highest BCUT2D eigenvalue weighted by molar-refractivity contribution is 5.48. The number of hydrogen-bond donors (Lipinski definition) is 1. The molecule has 0 fully saturated rings. The summed E-state index contributed by atoms with van der Waals surface area (Å²) in [5, 5.41) is 9.67. The van der Waals surface area contributed by atoms with E-state index in [0.717, 1.165) is 0 Å². The predicted octanol–water partition coefficient (Wildman–Crippen LogP) is 2.66.